The van der Waals surface area contributed by atoms with Crippen LogP contribution in [0.2, 0.25) is 0 Å². The highest BCUT2D eigenvalue weighted by molar-refractivity contribution is 7.93. The van der Waals surface area contributed by atoms with E-state index < -0.39 is 49.5 Å². The van der Waals surface area contributed by atoms with Crippen molar-refractivity contribution in [1.29, 1.82) is 0 Å². The Hall–Kier alpha value is -3.17. The van der Waals surface area contributed by atoms with Crippen LogP contribution in [0.25, 0.3) is 0 Å². The van der Waals surface area contributed by atoms with Gasteiger partial charge in [0.1, 0.15) is 12.1 Å². The van der Waals surface area contributed by atoms with E-state index in [1.165, 1.54) is 29.0 Å². The zero-order valence-electron chi connectivity index (χ0n) is 19.4. The van der Waals surface area contributed by atoms with Crippen molar-refractivity contribution in [2.45, 2.75) is 48.7 Å². The number of amides is 1. The number of anilines is 1. The lowest BCUT2D eigenvalue weighted by atomic mass is 10.0. The van der Waals surface area contributed by atoms with Gasteiger partial charge in [-0.15, -0.1) is 0 Å². The summed E-state index contributed by atoms with van der Waals surface area (Å²) in [5.41, 5.74) is -4.77. The van der Waals surface area contributed by atoms with E-state index in [0.717, 1.165) is 22.0 Å². The van der Waals surface area contributed by atoms with Gasteiger partial charge in [-0.3, -0.25) is 9.52 Å². The Morgan fingerprint density at radius 2 is 1.65 bits per heavy atom. The van der Waals surface area contributed by atoms with Gasteiger partial charge in [-0.1, -0.05) is 29.8 Å². The van der Waals surface area contributed by atoms with Crippen molar-refractivity contribution in [2.75, 3.05) is 11.3 Å². The molecule has 15 heteroatoms. The third-order valence-corrected chi connectivity index (χ3v) is 8.74. The van der Waals surface area contributed by atoms with Crippen molar-refractivity contribution >= 4 is 37.6 Å². The second kappa shape index (κ2) is 10.7. The molecule has 2 aromatic carbocycles. The number of carbonyl (C=O) groups excluding carboxylic acids is 1. The van der Waals surface area contributed by atoms with Crippen molar-refractivity contribution in [3.05, 3.63) is 59.7 Å². The summed E-state index contributed by atoms with van der Waals surface area (Å²) >= 11 is 0. The molecular formula is C22H24F3N3O7S2. The topological polar surface area (TPSA) is 150 Å². The van der Waals surface area contributed by atoms with Gasteiger partial charge in [-0.2, -0.15) is 25.9 Å². The van der Waals surface area contributed by atoms with Crippen molar-refractivity contribution in [2.24, 2.45) is 0 Å². The molecule has 2 atom stereocenters. The average Bonchev–Trinajstić information content (AvgIpc) is 3.30. The van der Waals surface area contributed by atoms with Crippen LogP contribution in [0.1, 0.15) is 24.0 Å². The monoisotopic (exact) mass is 563 g/mol. The number of carboxylic acids is 1. The van der Waals surface area contributed by atoms with Crippen LogP contribution >= 0.6 is 0 Å². The standard InChI is InChI=1S/C22H24F3N3O7S2/c1-14-4-10-17(11-5-14)36(32,33)28-12-2-3-19(28)20(29)26-18(21(30)31)13-15-6-8-16(9-7-15)27-37(34,35)22(23,24)25/h4-11,18-19,27H,2-3,12-13H2,1H3,(H,26,29)(H,30,31)/t18-,19-/m0/s1. The molecule has 0 aliphatic carbocycles. The molecule has 0 spiro atoms. The molecule has 1 amide bonds. The predicted molar refractivity (Wildman–Crippen MR) is 126 cm³/mol. The van der Waals surface area contributed by atoms with Gasteiger partial charge in [0.15, 0.2) is 0 Å². The summed E-state index contributed by atoms with van der Waals surface area (Å²) in [7, 11) is -9.63. The van der Waals surface area contributed by atoms with Gasteiger partial charge >= 0.3 is 21.5 Å². The second-order valence-corrected chi connectivity index (χ2v) is 12.0. The van der Waals surface area contributed by atoms with E-state index in [0.29, 0.717) is 6.42 Å². The quantitative estimate of drug-likeness (QED) is 0.423. The van der Waals surface area contributed by atoms with Crippen molar-refractivity contribution in [3.63, 3.8) is 0 Å². The van der Waals surface area contributed by atoms with Crippen molar-refractivity contribution < 1.29 is 44.7 Å². The molecule has 0 saturated carbocycles. The number of halogens is 3. The van der Waals surface area contributed by atoms with E-state index in [1.54, 1.807) is 19.1 Å². The van der Waals surface area contributed by atoms with E-state index >= 15 is 0 Å². The SMILES string of the molecule is Cc1ccc(S(=O)(=O)N2CCC[C@H]2C(=O)N[C@@H](Cc2ccc(NS(=O)(=O)C(F)(F)F)cc2)C(=O)O)cc1. The van der Waals surface area contributed by atoms with E-state index in [9.17, 15) is 44.7 Å². The minimum atomic E-state index is -5.62. The highest BCUT2D eigenvalue weighted by Gasteiger charge is 2.46. The molecule has 0 unspecified atom stereocenters. The van der Waals surface area contributed by atoms with E-state index in [-0.39, 0.29) is 35.5 Å². The number of hydrogen-bond acceptors (Lipinski definition) is 6. The van der Waals surface area contributed by atoms with Crippen LogP contribution in [-0.4, -0.2) is 62.3 Å². The summed E-state index contributed by atoms with van der Waals surface area (Å²) in [6.45, 7) is 1.88. The molecule has 10 nitrogen and oxygen atoms in total. The van der Waals surface area contributed by atoms with Gasteiger partial charge in [0.25, 0.3) is 0 Å². The molecule has 0 aromatic heterocycles. The fourth-order valence-corrected chi connectivity index (χ4v) is 5.98. The Morgan fingerprint density at radius 1 is 1.05 bits per heavy atom. The zero-order valence-corrected chi connectivity index (χ0v) is 21.0. The fourth-order valence-electron chi connectivity index (χ4n) is 3.76. The summed E-state index contributed by atoms with van der Waals surface area (Å²) in [6, 6.07) is 7.96. The maximum Gasteiger partial charge on any atom is 0.516 e. The lowest BCUT2D eigenvalue weighted by molar-refractivity contribution is -0.142. The molecule has 1 saturated heterocycles. The maximum absolute atomic E-state index is 13.1. The van der Waals surface area contributed by atoms with Crippen LogP contribution in [0.15, 0.2) is 53.4 Å². The lowest BCUT2D eigenvalue weighted by Gasteiger charge is -2.25. The number of sulfonamides is 2. The Balaban J connectivity index is 1.71. The smallest absolute Gasteiger partial charge is 0.480 e. The van der Waals surface area contributed by atoms with E-state index in [2.05, 4.69) is 5.32 Å². The molecule has 202 valence electrons. The van der Waals surface area contributed by atoms with E-state index in [1.807, 2.05) is 0 Å². The molecule has 0 radical (unpaired) electrons. The highest BCUT2D eigenvalue weighted by atomic mass is 32.2. The third-order valence-electron chi connectivity index (χ3n) is 5.70. The first kappa shape index (κ1) is 28.4. The first-order valence-corrected chi connectivity index (χ1v) is 13.8. The molecule has 3 N–H and O–H groups in total. The maximum atomic E-state index is 13.1. The van der Waals surface area contributed by atoms with Crippen LogP contribution in [-0.2, 0) is 36.1 Å². The Kier molecular flexibility index (Phi) is 8.19. The Morgan fingerprint density at radius 3 is 2.19 bits per heavy atom. The van der Waals surface area contributed by atoms with Crippen LogP contribution in [0.3, 0.4) is 0 Å². The summed E-state index contributed by atoms with van der Waals surface area (Å²) in [6.07, 6.45) is 0.304. The number of rotatable bonds is 9. The van der Waals surface area contributed by atoms with Crippen LogP contribution < -0.4 is 10.0 Å². The first-order chi connectivity index (χ1) is 17.1. The third kappa shape index (κ3) is 6.59. The van der Waals surface area contributed by atoms with Crippen LogP contribution in [0, 0.1) is 6.92 Å². The molecular weight excluding hydrogens is 539 g/mol. The molecule has 0 bridgehead atoms. The minimum absolute atomic E-state index is 0.00817. The van der Waals surface area contributed by atoms with Gasteiger partial charge in [-0.05, 0) is 49.6 Å². The second-order valence-electron chi connectivity index (χ2n) is 8.44. The number of carboxylic acid groups (broad SMARTS) is 1. The normalized spacial score (nSPS) is 17.8. The Labute approximate surface area is 211 Å². The molecule has 1 aliphatic rings. The van der Waals surface area contributed by atoms with Crippen molar-refractivity contribution in [3.8, 4) is 0 Å². The van der Waals surface area contributed by atoms with Gasteiger partial charge < -0.3 is 10.4 Å². The predicted octanol–water partition coefficient (Wildman–Crippen LogP) is 2.22. The largest absolute Gasteiger partial charge is 0.516 e. The zero-order chi connectivity index (χ0) is 27.6. The average molecular weight is 564 g/mol. The highest BCUT2D eigenvalue weighted by Crippen LogP contribution is 2.27. The number of aryl methyl sites for hydroxylation is 1. The Bertz CT molecular complexity index is 1360. The minimum Gasteiger partial charge on any atom is -0.480 e. The summed E-state index contributed by atoms with van der Waals surface area (Å²) in [5.74, 6) is -2.21. The summed E-state index contributed by atoms with van der Waals surface area (Å²) in [5, 5.41) is 11.9. The molecule has 1 aliphatic heterocycles. The fraction of sp³-hybridized carbons (Fsp3) is 0.364. The number of nitrogens with one attached hydrogen (secondary N) is 2. The van der Waals surface area contributed by atoms with Crippen LogP contribution in [0.4, 0.5) is 18.9 Å². The molecule has 1 fully saturated rings. The number of benzene rings is 2. The van der Waals surface area contributed by atoms with Gasteiger partial charge in [-0.25, -0.2) is 13.2 Å². The van der Waals surface area contributed by atoms with Gasteiger partial charge in [0.05, 0.1) is 4.90 Å². The summed E-state index contributed by atoms with van der Waals surface area (Å²) in [4.78, 5) is 24.7. The van der Waals surface area contributed by atoms with Gasteiger partial charge in [0, 0.05) is 18.7 Å². The van der Waals surface area contributed by atoms with Crippen molar-refractivity contribution in [1.82, 2.24) is 9.62 Å². The lowest BCUT2D eigenvalue weighted by Crippen LogP contribution is -2.51. The van der Waals surface area contributed by atoms with Gasteiger partial charge in [0.2, 0.25) is 15.9 Å². The number of hydrogen-bond donors (Lipinski definition) is 3. The first-order valence-electron chi connectivity index (χ1n) is 10.9. The van der Waals surface area contributed by atoms with Crippen LogP contribution in [0.5, 0.6) is 0 Å². The number of alkyl halides is 3. The molecule has 2 aromatic rings. The molecule has 3 rings (SSSR count). The summed E-state index contributed by atoms with van der Waals surface area (Å²) < 4.78 is 88.6. The number of aliphatic carboxylic acids is 1. The van der Waals surface area contributed by atoms with E-state index in [4.69, 9.17) is 0 Å². The number of nitrogens with zero attached hydrogens (tertiary/aromatic N) is 1. The number of carbonyl (C=O) groups is 2. The molecule has 37 heavy (non-hydrogen) atoms. The molecule has 1 heterocycles.